The summed E-state index contributed by atoms with van der Waals surface area (Å²) in [5.41, 5.74) is 13.8. The second-order valence-corrected chi connectivity index (χ2v) is 17.3. The number of nitrogens with zero attached hydrogens (tertiary/aromatic N) is 2. The lowest BCUT2D eigenvalue weighted by Crippen LogP contribution is -2.33. The Balaban J connectivity index is 0.829. The first-order valence-corrected chi connectivity index (χ1v) is 22.8. The predicted molar refractivity (Wildman–Crippen MR) is 280 cm³/mol. The van der Waals surface area contributed by atoms with Crippen LogP contribution in [-0.4, -0.2) is 11.7 Å². The minimum Gasteiger partial charge on any atom is -0.456 e. The van der Waals surface area contributed by atoms with Gasteiger partial charge in [-0.2, -0.15) is 0 Å². The van der Waals surface area contributed by atoms with Gasteiger partial charge in [0.1, 0.15) is 23.2 Å². The largest absolute Gasteiger partial charge is 0.456 e. The Morgan fingerprint density at radius 3 is 1.36 bits per heavy atom. The van der Waals surface area contributed by atoms with E-state index >= 15 is 0 Å². The maximum absolute atomic E-state index is 6.70. The van der Waals surface area contributed by atoms with Crippen molar-refractivity contribution in [1.82, 2.24) is 5.32 Å². The third-order valence-electron chi connectivity index (χ3n) is 13.3. The number of hydrogen-bond donors (Lipinski definition) is 1. The quantitative estimate of drug-likeness (QED) is 0.162. The number of fused-ring (bicyclic) bond motifs is 9. The van der Waals surface area contributed by atoms with Gasteiger partial charge in [0.05, 0.1) is 0 Å². The lowest BCUT2D eigenvalue weighted by molar-refractivity contribution is 0.669. The van der Waals surface area contributed by atoms with E-state index in [1.165, 1.54) is 54.6 Å². The lowest BCUT2D eigenvalue weighted by Gasteiger charge is -2.24. The summed E-state index contributed by atoms with van der Waals surface area (Å²) in [5, 5.41) is 13.5. The molecule has 1 N–H and O–H groups in total. The standard InChI is InChI=1S/C63H41N3O/c1-3-15-40(16-4-1)61-64-62(41-17-5-2-6-18-41)66-63(65-61)57-28-12-7-23-49(57)48-31-34-56-55-33-30-47(38-59(55)67-60(56)39-48)45-22-14-20-43(36-45)42-19-13-21-44(35-42)46-29-32-54-52-26-9-8-24-50(52)51-25-10-11-27-53(51)58(54)37-46/h1-39,61H,(H,64,65,66). The predicted octanol–water partition coefficient (Wildman–Crippen LogP) is 16.2. The van der Waals surface area contributed by atoms with Crippen molar-refractivity contribution in [2.45, 2.75) is 6.17 Å². The number of benzene rings is 11. The van der Waals surface area contributed by atoms with Crippen LogP contribution in [-0.2, 0) is 0 Å². The molecule has 0 radical (unpaired) electrons. The second-order valence-electron chi connectivity index (χ2n) is 17.3. The molecule has 0 saturated heterocycles. The first kappa shape index (κ1) is 38.6. The molecule has 0 aliphatic carbocycles. The van der Waals surface area contributed by atoms with E-state index in [0.717, 1.165) is 66.7 Å². The Kier molecular flexibility index (Phi) is 9.21. The number of nitrogens with one attached hydrogen (secondary N) is 1. The summed E-state index contributed by atoms with van der Waals surface area (Å²) in [7, 11) is 0. The SMILES string of the molecule is c1ccc(C2=NC(c3ccccc3-c3ccc4c(c3)oc3cc(-c5cccc(-c6cccc(-c7ccc8c9ccccc9c9ccccc9c8c7)c6)c5)ccc34)=NC(c3ccccc3)N2)cc1. The van der Waals surface area contributed by atoms with E-state index in [-0.39, 0.29) is 6.17 Å². The Hall–Kier alpha value is -8.86. The molecule has 67 heavy (non-hydrogen) atoms. The molecule has 1 atom stereocenters. The fourth-order valence-electron chi connectivity index (χ4n) is 10.0. The van der Waals surface area contributed by atoms with Gasteiger partial charge in [-0.25, -0.2) is 9.98 Å². The second kappa shape index (κ2) is 16.0. The van der Waals surface area contributed by atoms with Gasteiger partial charge in [-0.15, -0.1) is 0 Å². The highest BCUT2D eigenvalue weighted by Gasteiger charge is 2.23. The van der Waals surface area contributed by atoms with E-state index in [1.54, 1.807) is 0 Å². The fraction of sp³-hybridized carbons (Fsp3) is 0.0159. The van der Waals surface area contributed by atoms with Crippen LogP contribution in [0.15, 0.2) is 251 Å². The zero-order valence-corrected chi connectivity index (χ0v) is 36.4. The summed E-state index contributed by atoms with van der Waals surface area (Å²) >= 11 is 0. The van der Waals surface area contributed by atoms with Crippen molar-refractivity contribution in [3.8, 4) is 44.5 Å². The molecule has 314 valence electrons. The molecule has 0 spiro atoms. The number of rotatable bonds is 7. The molecule has 0 saturated carbocycles. The van der Waals surface area contributed by atoms with Crippen LogP contribution in [0.1, 0.15) is 22.9 Å². The van der Waals surface area contributed by atoms with Gasteiger partial charge in [0.25, 0.3) is 0 Å². The van der Waals surface area contributed by atoms with Gasteiger partial charge in [0.15, 0.2) is 5.84 Å². The zero-order chi connectivity index (χ0) is 44.3. The Morgan fingerprint density at radius 1 is 0.313 bits per heavy atom. The van der Waals surface area contributed by atoms with E-state index in [2.05, 4.69) is 206 Å². The third-order valence-corrected chi connectivity index (χ3v) is 13.3. The van der Waals surface area contributed by atoms with Crippen LogP contribution in [0, 0.1) is 0 Å². The molecule has 1 aliphatic rings. The molecule has 2 heterocycles. The molecule has 0 bridgehead atoms. The van der Waals surface area contributed by atoms with Crippen molar-refractivity contribution in [1.29, 1.82) is 0 Å². The normalized spacial score (nSPS) is 13.8. The van der Waals surface area contributed by atoms with Crippen LogP contribution in [0.4, 0.5) is 0 Å². The highest BCUT2D eigenvalue weighted by Crippen LogP contribution is 2.40. The molecule has 1 aliphatic heterocycles. The highest BCUT2D eigenvalue weighted by atomic mass is 16.3. The molecule has 0 fully saturated rings. The monoisotopic (exact) mass is 855 g/mol. The van der Waals surface area contributed by atoms with Gasteiger partial charge in [0, 0.05) is 21.9 Å². The van der Waals surface area contributed by atoms with Crippen LogP contribution < -0.4 is 5.32 Å². The fourth-order valence-corrected chi connectivity index (χ4v) is 10.0. The minimum atomic E-state index is -0.284. The molecule has 4 heteroatoms. The molecular weight excluding hydrogens is 815 g/mol. The smallest absolute Gasteiger partial charge is 0.160 e. The van der Waals surface area contributed by atoms with Crippen molar-refractivity contribution in [2.24, 2.45) is 9.98 Å². The topological polar surface area (TPSA) is 49.9 Å². The molecule has 11 aromatic carbocycles. The molecule has 12 aromatic rings. The van der Waals surface area contributed by atoms with E-state index in [4.69, 9.17) is 14.4 Å². The van der Waals surface area contributed by atoms with E-state index in [9.17, 15) is 0 Å². The molecule has 4 nitrogen and oxygen atoms in total. The average Bonchev–Trinajstić information content (AvgIpc) is 3.78. The Morgan fingerprint density at radius 2 is 0.746 bits per heavy atom. The molecule has 13 rings (SSSR count). The van der Waals surface area contributed by atoms with E-state index < -0.39 is 0 Å². The van der Waals surface area contributed by atoms with E-state index in [0.29, 0.717) is 5.84 Å². The van der Waals surface area contributed by atoms with Crippen LogP contribution in [0.5, 0.6) is 0 Å². The maximum atomic E-state index is 6.70. The van der Waals surface area contributed by atoms with Crippen molar-refractivity contribution >= 4 is 65.9 Å². The molecule has 0 amide bonds. The van der Waals surface area contributed by atoms with Crippen molar-refractivity contribution in [2.75, 3.05) is 0 Å². The van der Waals surface area contributed by atoms with Gasteiger partial charge in [-0.05, 0) is 125 Å². The third kappa shape index (κ3) is 6.86. The zero-order valence-electron chi connectivity index (χ0n) is 36.4. The summed E-state index contributed by atoms with van der Waals surface area (Å²) in [6.45, 7) is 0. The number of amidine groups is 2. The van der Waals surface area contributed by atoms with Gasteiger partial charge >= 0.3 is 0 Å². The van der Waals surface area contributed by atoms with Crippen LogP contribution in [0.25, 0.3) is 98.8 Å². The van der Waals surface area contributed by atoms with Gasteiger partial charge in [-0.1, -0.05) is 194 Å². The number of aliphatic imine (C=N–C) groups is 2. The van der Waals surface area contributed by atoms with Crippen LogP contribution >= 0.6 is 0 Å². The molecule has 1 unspecified atom stereocenters. The molecule has 1 aromatic heterocycles. The Labute approximate surface area is 387 Å². The van der Waals surface area contributed by atoms with Crippen molar-refractivity contribution in [3.63, 3.8) is 0 Å². The van der Waals surface area contributed by atoms with Crippen LogP contribution in [0.3, 0.4) is 0 Å². The first-order chi connectivity index (χ1) is 33.2. The summed E-state index contributed by atoms with van der Waals surface area (Å²) < 4.78 is 6.70. The van der Waals surface area contributed by atoms with Crippen LogP contribution in [0.2, 0.25) is 0 Å². The van der Waals surface area contributed by atoms with Crippen molar-refractivity contribution < 1.29 is 4.42 Å². The average molecular weight is 856 g/mol. The highest BCUT2D eigenvalue weighted by molar-refractivity contribution is 6.26. The van der Waals surface area contributed by atoms with E-state index in [1.807, 2.05) is 36.4 Å². The van der Waals surface area contributed by atoms with Gasteiger partial charge in [-0.3, -0.25) is 0 Å². The van der Waals surface area contributed by atoms with Gasteiger partial charge in [0.2, 0.25) is 0 Å². The summed E-state index contributed by atoms with van der Waals surface area (Å²) in [4.78, 5) is 10.3. The Bertz CT molecular complexity index is 3920. The first-order valence-electron chi connectivity index (χ1n) is 22.8. The van der Waals surface area contributed by atoms with Crippen molar-refractivity contribution in [3.05, 3.63) is 253 Å². The van der Waals surface area contributed by atoms with Gasteiger partial charge < -0.3 is 9.73 Å². The minimum absolute atomic E-state index is 0.284. The summed E-state index contributed by atoms with van der Waals surface area (Å²) in [6, 6.07) is 84.2. The summed E-state index contributed by atoms with van der Waals surface area (Å²) in [6.07, 6.45) is -0.284. The molecular formula is C63H41N3O. The lowest BCUT2D eigenvalue weighted by atomic mass is 9.91. The number of hydrogen-bond acceptors (Lipinski definition) is 4. The summed E-state index contributed by atoms with van der Waals surface area (Å²) in [5.74, 6) is 1.47. The maximum Gasteiger partial charge on any atom is 0.160 e. The number of furan rings is 1.